The SMILES string of the molecule is COc1ccc(C(=O)Nc2nc3ccc(N)cc3c(NCc3cccs3)c2C#N)cc1. The fraction of sp³-hybridized carbons (Fsp3) is 0.0870. The first-order valence-electron chi connectivity index (χ1n) is 9.44. The van der Waals surface area contributed by atoms with Gasteiger partial charge in [-0.15, -0.1) is 11.3 Å². The third-order valence-electron chi connectivity index (χ3n) is 4.72. The van der Waals surface area contributed by atoms with Crippen LogP contribution in [0.3, 0.4) is 0 Å². The van der Waals surface area contributed by atoms with Gasteiger partial charge in [0.05, 0.1) is 18.3 Å². The Kier molecular flexibility index (Phi) is 5.69. The normalized spacial score (nSPS) is 10.5. The van der Waals surface area contributed by atoms with Crippen molar-refractivity contribution in [3.05, 3.63) is 76.0 Å². The Morgan fingerprint density at radius 3 is 2.71 bits per heavy atom. The number of carbonyl (C=O) groups excluding carboxylic acids is 1. The molecule has 2 heterocycles. The zero-order chi connectivity index (χ0) is 21.8. The van der Waals surface area contributed by atoms with E-state index in [-0.39, 0.29) is 17.3 Å². The summed E-state index contributed by atoms with van der Waals surface area (Å²) < 4.78 is 5.13. The molecule has 7 nitrogen and oxygen atoms in total. The highest BCUT2D eigenvalue weighted by molar-refractivity contribution is 7.09. The summed E-state index contributed by atoms with van der Waals surface area (Å²) in [4.78, 5) is 18.4. The predicted molar refractivity (Wildman–Crippen MR) is 123 cm³/mol. The Morgan fingerprint density at radius 2 is 2.03 bits per heavy atom. The van der Waals surface area contributed by atoms with Crippen LogP contribution in [0.2, 0.25) is 0 Å². The van der Waals surface area contributed by atoms with Crippen molar-refractivity contribution in [2.45, 2.75) is 6.54 Å². The summed E-state index contributed by atoms with van der Waals surface area (Å²) in [6.45, 7) is 0.534. The Balaban J connectivity index is 1.74. The number of rotatable bonds is 6. The standard InChI is InChI=1S/C23H19N5O2S/c1-30-16-7-4-14(5-8-16)23(29)28-22-19(12-24)21(26-13-17-3-2-10-31-17)18-11-15(25)6-9-20(18)27-22/h2-11H,13,25H2,1H3,(H2,26,27,28,29). The molecule has 4 N–H and O–H groups in total. The van der Waals surface area contributed by atoms with E-state index >= 15 is 0 Å². The van der Waals surface area contributed by atoms with E-state index in [0.717, 1.165) is 10.3 Å². The first kappa shape index (κ1) is 20.2. The second-order valence-electron chi connectivity index (χ2n) is 6.71. The number of aromatic nitrogens is 1. The highest BCUT2D eigenvalue weighted by atomic mass is 32.1. The number of nitriles is 1. The van der Waals surface area contributed by atoms with Crippen LogP contribution in [0.5, 0.6) is 5.75 Å². The van der Waals surface area contributed by atoms with Crippen molar-refractivity contribution in [1.29, 1.82) is 5.26 Å². The van der Waals surface area contributed by atoms with Gasteiger partial charge in [-0.1, -0.05) is 6.07 Å². The van der Waals surface area contributed by atoms with Gasteiger partial charge in [0.15, 0.2) is 5.82 Å². The molecule has 4 rings (SSSR count). The number of anilines is 3. The van der Waals surface area contributed by atoms with E-state index < -0.39 is 0 Å². The molecule has 0 spiro atoms. The third-order valence-corrected chi connectivity index (χ3v) is 5.60. The lowest BCUT2D eigenvalue weighted by Crippen LogP contribution is -2.15. The number of carbonyl (C=O) groups is 1. The third kappa shape index (κ3) is 4.27. The number of ether oxygens (including phenoxy) is 1. The van der Waals surface area contributed by atoms with Crippen molar-refractivity contribution in [1.82, 2.24) is 4.98 Å². The van der Waals surface area contributed by atoms with Crippen LogP contribution in [0.25, 0.3) is 10.9 Å². The van der Waals surface area contributed by atoms with Gasteiger partial charge in [-0.05, 0) is 53.9 Å². The number of fused-ring (bicyclic) bond motifs is 1. The molecule has 31 heavy (non-hydrogen) atoms. The van der Waals surface area contributed by atoms with Crippen LogP contribution < -0.4 is 21.1 Å². The number of nitrogens with one attached hydrogen (secondary N) is 2. The summed E-state index contributed by atoms with van der Waals surface area (Å²) in [6.07, 6.45) is 0. The smallest absolute Gasteiger partial charge is 0.256 e. The molecule has 0 aliphatic carbocycles. The topological polar surface area (TPSA) is 113 Å². The number of amides is 1. The first-order chi connectivity index (χ1) is 15.1. The second kappa shape index (κ2) is 8.73. The Bertz CT molecular complexity index is 1280. The number of nitrogens with two attached hydrogens (primary N) is 1. The Labute approximate surface area is 183 Å². The van der Waals surface area contributed by atoms with Crippen molar-refractivity contribution in [3.63, 3.8) is 0 Å². The van der Waals surface area contributed by atoms with Crippen LogP contribution in [0.15, 0.2) is 60.0 Å². The molecule has 4 aromatic rings. The van der Waals surface area contributed by atoms with Gasteiger partial charge in [-0.25, -0.2) is 4.98 Å². The lowest BCUT2D eigenvalue weighted by Gasteiger charge is -2.15. The molecule has 0 bridgehead atoms. The molecule has 0 atom stereocenters. The van der Waals surface area contributed by atoms with Crippen molar-refractivity contribution in [2.75, 3.05) is 23.5 Å². The number of benzene rings is 2. The summed E-state index contributed by atoms with van der Waals surface area (Å²) in [7, 11) is 1.56. The minimum absolute atomic E-state index is 0.189. The maximum absolute atomic E-state index is 12.8. The van der Waals surface area contributed by atoms with Crippen LogP contribution in [-0.2, 0) is 6.54 Å². The Morgan fingerprint density at radius 1 is 1.23 bits per heavy atom. The average Bonchev–Trinajstić information content (AvgIpc) is 3.31. The van der Waals surface area contributed by atoms with E-state index in [1.165, 1.54) is 0 Å². The van der Waals surface area contributed by atoms with Crippen LogP contribution in [-0.4, -0.2) is 18.0 Å². The lowest BCUT2D eigenvalue weighted by molar-refractivity contribution is 0.102. The van der Waals surface area contributed by atoms with E-state index in [4.69, 9.17) is 10.5 Å². The highest BCUT2D eigenvalue weighted by Gasteiger charge is 2.18. The van der Waals surface area contributed by atoms with Gasteiger partial charge in [-0.2, -0.15) is 5.26 Å². The van der Waals surface area contributed by atoms with Crippen molar-refractivity contribution < 1.29 is 9.53 Å². The number of hydrogen-bond donors (Lipinski definition) is 3. The zero-order valence-electron chi connectivity index (χ0n) is 16.7. The van der Waals surface area contributed by atoms with Gasteiger partial charge in [0, 0.05) is 28.1 Å². The number of nitrogens with zero attached hydrogens (tertiary/aromatic N) is 2. The lowest BCUT2D eigenvalue weighted by atomic mass is 10.1. The number of pyridine rings is 1. The number of nitrogen functional groups attached to an aromatic ring is 1. The molecule has 0 aliphatic rings. The number of hydrogen-bond acceptors (Lipinski definition) is 7. The zero-order valence-corrected chi connectivity index (χ0v) is 17.5. The molecular weight excluding hydrogens is 410 g/mol. The predicted octanol–water partition coefficient (Wildman–Crippen LogP) is 4.62. The fourth-order valence-electron chi connectivity index (χ4n) is 3.17. The van der Waals surface area contributed by atoms with Crippen LogP contribution >= 0.6 is 11.3 Å². The van der Waals surface area contributed by atoms with Crippen LogP contribution in [0.4, 0.5) is 17.2 Å². The number of methoxy groups -OCH3 is 1. The molecular formula is C23H19N5O2S. The largest absolute Gasteiger partial charge is 0.497 e. The molecule has 0 saturated carbocycles. The summed E-state index contributed by atoms with van der Waals surface area (Å²) in [5, 5.41) is 18.7. The molecule has 0 saturated heterocycles. The Hall–Kier alpha value is -4.09. The fourth-order valence-corrected chi connectivity index (χ4v) is 3.82. The molecule has 2 aromatic carbocycles. The molecule has 0 radical (unpaired) electrons. The monoisotopic (exact) mass is 429 g/mol. The quantitative estimate of drug-likeness (QED) is 0.385. The van der Waals surface area contributed by atoms with E-state index in [0.29, 0.717) is 34.7 Å². The van der Waals surface area contributed by atoms with Gasteiger partial charge >= 0.3 is 0 Å². The maximum Gasteiger partial charge on any atom is 0.256 e. The molecule has 0 aliphatic heterocycles. The summed E-state index contributed by atoms with van der Waals surface area (Å²) in [5.41, 5.74) is 8.41. The van der Waals surface area contributed by atoms with Gasteiger partial charge in [0.2, 0.25) is 0 Å². The summed E-state index contributed by atoms with van der Waals surface area (Å²) >= 11 is 1.61. The van der Waals surface area contributed by atoms with Crippen molar-refractivity contribution in [2.24, 2.45) is 0 Å². The van der Waals surface area contributed by atoms with Crippen LogP contribution in [0, 0.1) is 11.3 Å². The first-order valence-corrected chi connectivity index (χ1v) is 10.3. The number of thiophene rings is 1. The molecule has 0 fully saturated rings. The maximum atomic E-state index is 12.8. The molecule has 8 heteroatoms. The minimum Gasteiger partial charge on any atom is -0.497 e. The average molecular weight is 430 g/mol. The highest BCUT2D eigenvalue weighted by Crippen LogP contribution is 2.33. The van der Waals surface area contributed by atoms with E-state index in [9.17, 15) is 10.1 Å². The summed E-state index contributed by atoms with van der Waals surface area (Å²) in [5.74, 6) is 0.468. The van der Waals surface area contributed by atoms with Crippen molar-refractivity contribution in [3.8, 4) is 11.8 Å². The molecule has 1 amide bonds. The van der Waals surface area contributed by atoms with Gasteiger partial charge < -0.3 is 21.1 Å². The molecule has 2 aromatic heterocycles. The van der Waals surface area contributed by atoms with Crippen molar-refractivity contribution >= 4 is 45.3 Å². The van der Waals surface area contributed by atoms with Gasteiger partial charge in [0.25, 0.3) is 5.91 Å². The second-order valence-corrected chi connectivity index (χ2v) is 7.75. The van der Waals surface area contributed by atoms with E-state index in [1.807, 2.05) is 17.5 Å². The van der Waals surface area contributed by atoms with E-state index in [2.05, 4.69) is 21.7 Å². The molecule has 0 unspecified atom stereocenters. The van der Waals surface area contributed by atoms with Crippen LogP contribution in [0.1, 0.15) is 20.8 Å². The van der Waals surface area contributed by atoms with Gasteiger partial charge in [-0.3, -0.25) is 4.79 Å². The molecule has 154 valence electrons. The minimum atomic E-state index is -0.370. The summed E-state index contributed by atoms with van der Waals surface area (Å²) in [6, 6.07) is 18.1. The van der Waals surface area contributed by atoms with Gasteiger partial charge in [0.1, 0.15) is 17.4 Å². The van der Waals surface area contributed by atoms with E-state index in [1.54, 1.807) is 60.9 Å².